The fourth-order valence-corrected chi connectivity index (χ4v) is 2.65. The quantitative estimate of drug-likeness (QED) is 0.784. The number of alkyl halides is 3. The minimum absolute atomic E-state index is 0.0319. The zero-order valence-corrected chi connectivity index (χ0v) is 11.0. The molecule has 0 unspecified atom stereocenters. The molecule has 0 bridgehead atoms. The van der Waals surface area contributed by atoms with Crippen LogP contribution in [-0.4, -0.2) is 32.7 Å². The number of hydrogen-bond acceptors (Lipinski definition) is 2. The van der Waals surface area contributed by atoms with E-state index in [-0.39, 0.29) is 5.88 Å². The summed E-state index contributed by atoms with van der Waals surface area (Å²) < 4.78 is 61.9. The predicted molar refractivity (Wildman–Crippen MR) is 61.8 cm³/mol. The molecule has 3 nitrogen and oxygen atoms in total. The van der Waals surface area contributed by atoms with Crippen LogP contribution in [0, 0.1) is 5.82 Å². The molecule has 0 radical (unpaired) electrons. The van der Waals surface area contributed by atoms with Crippen LogP contribution in [0.2, 0.25) is 0 Å². The molecule has 1 aromatic carbocycles. The summed E-state index contributed by atoms with van der Waals surface area (Å²) in [6, 6.07) is 3.32. The van der Waals surface area contributed by atoms with Gasteiger partial charge in [0.2, 0.25) is 10.0 Å². The molecule has 8 heteroatoms. The van der Waals surface area contributed by atoms with Crippen molar-refractivity contribution in [2.24, 2.45) is 0 Å². The highest BCUT2D eigenvalue weighted by atomic mass is 35.5. The maximum atomic E-state index is 13.6. The summed E-state index contributed by atoms with van der Waals surface area (Å²) in [6.45, 7) is -0.987. The van der Waals surface area contributed by atoms with E-state index >= 15 is 0 Å². The molecule has 0 aliphatic carbocycles. The van der Waals surface area contributed by atoms with Crippen LogP contribution in [0.15, 0.2) is 23.1 Å². The van der Waals surface area contributed by atoms with Crippen molar-refractivity contribution in [1.82, 2.24) is 4.31 Å². The number of halogens is 4. The molecule has 1 aromatic rings. The molecule has 0 aromatic heterocycles. The van der Waals surface area contributed by atoms with Gasteiger partial charge in [-0.05, 0) is 17.7 Å². The lowest BCUT2D eigenvalue weighted by Crippen LogP contribution is -2.32. The first-order chi connectivity index (χ1) is 8.28. The fraction of sp³-hybridized carbons (Fsp3) is 0.400. The molecule has 0 heterocycles. The molecule has 0 amide bonds. The Hall–Kier alpha value is -0.790. The Morgan fingerprint density at radius 2 is 2.00 bits per heavy atom. The third-order valence-electron chi connectivity index (χ3n) is 2.23. The van der Waals surface area contributed by atoms with Crippen LogP contribution < -0.4 is 0 Å². The van der Waals surface area contributed by atoms with Crippen molar-refractivity contribution < 1.29 is 21.6 Å². The second-order valence-electron chi connectivity index (χ2n) is 3.58. The van der Waals surface area contributed by atoms with E-state index in [0.717, 1.165) is 19.2 Å². The summed E-state index contributed by atoms with van der Waals surface area (Å²) >= 11 is 5.47. The van der Waals surface area contributed by atoms with Gasteiger partial charge in [-0.25, -0.2) is 21.6 Å². The third-order valence-corrected chi connectivity index (χ3v) is 4.40. The second-order valence-corrected chi connectivity index (χ2v) is 5.86. The van der Waals surface area contributed by atoms with Gasteiger partial charge in [-0.15, -0.1) is 11.6 Å². The van der Waals surface area contributed by atoms with E-state index in [1.807, 2.05) is 0 Å². The molecule has 18 heavy (non-hydrogen) atoms. The molecule has 0 aliphatic heterocycles. The Labute approximate surface area is 108 Å². The average molecular weight is 302 g/mol. The highest BCUT2D eigenvalue weighted by molar-refractivity contribution is 7.89. The van der Waals surface area contributed by atoms with Crippen LogP contribution in [0.3, 0.4) is 0 Å². The molecule has 1 rings (SSSR count). The van der Waals surface area contributed by atoms with Gasteiger partial charge in [0.25, 0.3) is 6.43 Å². The number of benzene rings is 1. The number of rotatable bonds is 5. The average Bonchev–Trinajstić information content (AvgIpc) is 2.27. The summed E-state index contributed by atoms with van der Waals surface area (Å²) in [7, 11) is -3.29. The lowest BCUT2D eigenvalue weighted by molar-refractivity contribution is 0.126. The molecule has 0 saturated carbocycles. The summed E-state index contributed by atoms with van der Waals surface area (Å²) in [5.41, 5.74) is 0.407. The molecule has 102 valence electrons. The molecule has 0 atom stereocenters. The molecular weight excluding hydrogens is 291 g/mol. The van der Waals surface area contributed by atoms with E-state index in [2.05, 4.69) is 0 Å². The minimum atomic E-state index is -4.25. The van der Waals surface area contributed by atoms with E-state index in [1.54, 1.807) is 0 Å². The predicted octanol–water partition coefficient (Wildman–Crippen LogP) is 2.45. The number of sulfonamides is 1. The van der Waals surface area contributed by atoms with Gasteiger partial charge in [-0.2, -0.15) is 4.31 Å². The molecule has 0 saturated heterocycles. The van der Waals surface area contributed by atoms with Gasteiger partial charge >= 0.3 is 0 Å². The zero-order valence-electron chi connectivity index (χ0n) is 9.41. The highest BCUT2D eigenvalue weighted by Gasteiger charge is 2.26. The first kappa shape index (κ1) is 15.3. The van der Waals surface area contributed by atoms with E-state index in [1.165, 1.54) is 6.07 Å². The second kappa shape index (κ2) is 5.90. The van der Waals surface area contributed by atoms with Crippen LogP contribution in [0.5, 0.6) is 0 Å². The van der Waals surface area contributed by atoms with E-state index < -0.39 is 33.7 Å². The normalized spacial score (nSPS) is 12.4. The summed E-state index contributed by atoms with van der Waals surface area (Å²) in [5.74, 6) is -0.973. The van der Waals surface area contributed by atoms with Crippen molar-refractivity contribution >= 4 is 21.6 Å². The lowest BCUT2D eigenvalue weighted by atomic mass is 10.2. The minimum Gasteiger partial charge on any atom is -0.209 e. The van der Waals surface area contributed by atoms with Crippen LogP contribution in [0.4, 0.5) is 13.2 Å². The fourth-order valence-electron chi connectivity index (χ4n) is 1.30. The van der Waals surface area contributed by atoms with Gasteiger partial charge in [0, 0.05) is 12.9 Å². The van der Waals surface area contributed by atoms with Gasteiger partial charge in [0.15, 0.2) is 0 Å². The summed E-state index contributed by atoms with van der Waals surface area (Å²) in [6.07, 6.45) is -2.82. The van der Waals surface area contributed by atoms with E-state index in [9.17, 15) is 21.6 Å². The first-order valence-corrected chi connectivity index (χ1v) is 6.85. The Balaban J connectivity index is 3.12. The Kier molecular flexibility index (Phi) is 5.01. The van der Waals surface area contributed by atoms with E-state index in [4.69, 9.17) is 11.6 Å². The Bertz CT molecular complexity index is 522. The monoisotopic (exact) mass is 301 g/mol. The maximum absolute atomic E-state index is 13.6. The van der Waals surface area contributed by atoms with Gasteiger partial charge in [0.1, 0.15) is 10.7 Å². The third kappa shape index (κ3) is 3.37. The van der Waals surface area contributed by atoms with Crippen molar-refractivity contribution in [2.75, 3.05) is 13.6 Å². The van der Waals surface area contributed by atoms with Crippen molar-refractivity contribution in [2.45, 2.75) is 17.2 Å². The molecular formula is C10H11ClF3NO2S. The van der Waals surface area contributed by atoms with Crippen molar-refractivity contribution in [1.29, 1.82) is 0 Å². The molecule has 0 N–H and O–H groups in total. The number of hydrogen-bond donors (Lipinski definition) is 0. The molecule has 0 fully saturated rings. The first-order valence-electron chi connectivity index (χ1n) is 4.88. The zero-order chi connectivity index (χ0) is 13.9. The van der Waals surface area contributed by atoms with Gasteiger partial charge in [-0.3, -0.25) is 0 Å². The summed E-state index contributed by atoms with van der Waals surface area (Å²) in [4.78, 5) is -0.639. The van der Waals surface area contributed by atoms with Crippen molar-refractivity contribution in [3.05, 3.63) is 29.6 Å². The number of nitrogens with zero attached hydrogens (tertiary/aromatic N) is 1. The van der Waals surface area contributed by atoms with Crippen LogP contribution >= 0.6 is 11.6 Å². The van der Waals surface area contributed by atoms with Crippen LogP contribution in [0.25, 0.3) is 0 Å². The van der Waals surface area contributed by atoms with Gasteiger partial charge in [0.05, 0.1) is 6.54 Å². The lowest BCUT2D eigenvalue weighted by Gasteiger charge is -2.17. The van der Waals surface area contributed by atoms with Crippen molar-refractivity contribution in [3.8, 4) is 0 Å². The van der Waals surface area contributed by atoms with Gasteiger partial charge in [-0.1, -0.05) is 6.07 Å². The summed E-state index contributed by atoms with van der Waals surface area (Å²) in [5, 5.41) is 0. The standard InChI is InChI=1S/C10H11ClF3NO2S/c1-15(6-10(13)14)18(16,17)9-3-2-7(5-11)4-8(9)12/h2-4,10H,5-6H2,1H3. The van der Waals surface area contributed by atoms with E-state index in [0.29, 0.717) is 9.87 Å². The van der Waals surface area contributed by atoms with Gasteiger partial charge < -0.3 is 0 Å². The molecule has 0 aliphatic rings. The smallest absolute Gasteiger partial charge is 0.209 e. The highest BCUT2D eigenvalue weighted by Crippen LogP contribution is 2.20. The maximum Gasteiger partial charge on any atom is 0.252 e. The Morgan fingerprint density at radius 3 is 2.44 bits per heavy atom. The van der Waals surface area contributed by atoms with Crippen molar-refractivity contribution in [3.63, 3.8) is 0 Å². The van der Waals surface area contributed by atoms with Crippen LogP contribution in [-0.2, 0) is 15.9 Å². The van der Waals surface area contributed by atoms with Crippen LogP contribution in [0.1, 0.15) is 5.56 Å². The topological polar surface area (TPSA) is 37.4 Å². The SMILES string of the molecule is CN(CC(F)F)S(=O)(=O)c1ccc(CCl)cc1F. The largest absolute Gasteiger partial charge is 0.252 e. The Morgan fingerprint density at radius 1 is 1.39 bits per heavy atom. The molecule has 0 spiro atoms.